The van der Waals surface area contributed by atoms with Crippen LogP contribution < -0.4 is 10.4 Å². The molecular weight excluding hydrogens is 446 g/mol. The Kier molecular flexibility index (Phi) is 8.33. The van der Waals surface area contributed by atoms with E-state index in [1.54, 1.807) is 7.05 Å². The lowest BCUT2D eigenvalue weighted by Crippen LogP contribution is -2.66. The first-order valence-electron chi connectivity index (χ1n) is 11.8. The molecule has 3 atom stereocenters. The van der Waals surface area contributed by atoms with E-state index < -0.39 is 20.2 Å². The first-order chi connectivity index (χ1) is 16.2. The molecule has 6 nitrogen and oxygen atoms in total. The molecule has 1 saturated carbocycles. The summed E-state index contributed by atoms with van der Waals surface area (Å²) < 4.78 is 12.1. The second-order valence-electron chi connectivity index (χ2n) is 10.1. The van der Waals surface area contributed by atoms with Crippen LogP contribution in [0.3, 0.4) is 0 Å². The van der Waals surface area contributed by atoms with Crippen LogP contribution in [0.1, 0.15) is 33.6 Å². The first-order valence-corrected chi connectivity index (χ1v) is 13.7. The topological polar surface area (TPSA) is 65.1 Å². The van der Waals surface area contributed by atoms with E-state index >= 15 is 0 Å². The zero-order valence-corrected chi connectivity index (χ0v) is 22.1. The summed E-state index contributed by atoms with van der Waals surface area (Å²) in [6, 6.07) is 21.0. The third-order valence-electron chi connectivity index (χ3n) is 7.02. The molecule has 34 heavy (non-hydrogen) atoms. The molecule has 3 rings (SSSR count). The van der Waals surface area contributed by atoms with Crippen molar-refractivity contribution >= 4 is 30.6 Å². The van der Waals surface area contributed by atoms with E-state index in [0.29, 0.717) is 19.4 Å². The van der Waals surface area contributed by atoms with Crippen molar-refractivity contribution in [2.75, 3.05) is 27.9 Å². The minimum Gasteiger partial charge on any atom is -0.469 e. The maximum Gasteiger partial charge on any atom is 0.309 e. The number of hydrogen-bond donors (Lipinski definition) is 0. The molecule has 7 heteroatoms. The number of carbonyl (C=O) groups is 2. The van der Waals surface area contributed by atoms with Gasteiger partial charge in [-0.05, 0) is 34.2 Å². The van der Waals surface area contributed by atoms with Gasteiger partial charge in [-0.15, -0.1) is 0 Å². The Morgan fingerprint density at radius 3 is 1.85 bits per heavy atom. The molecule has 0 N–H and O–H groups in total. The number of ether oxygens (including phenoxy) is 1. The van der Waals surface area contributed by atoms with E-state index in [4.69, 9.17) is 14.0 Å². The summed E-state index contributed by atoms with van der Waals surface area (Å²) in [6.45, 7) is 7.20. The van der Waals surface area contributed by atoms with E-state index in [1.807, 2.05) is 12.1 Å². The van der Waals surface area contributed by atoms with Gasteiger partial charge in [0.05, 0.1) is 26.1 Å². The maximum atomic E-state index is 12.9. The molecule has 0 radical (unpaired) electrons. The monoisotopic (exact) mass is 483 g/mol. The molecule has 1 amide bonds. The van der Waals surface area contributed by atoms with Crippen LogP contribution in [0.2, 0.25) is 5.04 Å². The lowest BCUT2D eigenvalue weighted by Gasteiger charge is -2.43. The number of esters is 1. The van der Waals surface area contributed by atoms with Gasteiger partial charge in [0, 0.05) is 13.7 Å². The van der Waals surface area contributed by atoms with Crippen molar-refractivity contribution in [3.63, 3.8) is 0 Å². The van der Waals surface area contributed by atoms with Crippen molar-refractivity contribution in [2.24, 2.45) is 17.8 Å². The number of rotatable bonds is 8. The molecule has 1 aliphatic carbocycles. The van der Waals surface area contributed by atoms with Crippen LogP contribution >= 0.6 is 0 Å². The van der Waals surface area contributed by atoms with E-state index in [1.165, 1.54) is 29.7 Å². The van der Waals surface area contributed by atoms with E-state index in [9.17, 15) is 9.59 Å². The van der Waals surface area contributed by atoms with Crippen molar-refractivity contribution in [3.8, 4) is 0 Å². The number of amides is 1. The second-order valence-corrected chi connectivity index (χ2v) is 14.4. The average molecular weight is 484 g/mol. The maximum absolute atomic E-state index is 12.9. The van der Waals surface area contributed by atoms with Crippen LogP contribution in [0.25, 0.3) is 0 Å². The summed E-state index contributed by atoms with van der Waals surface area (Å²) in [6.07, 6.45) is 1.11. The van der Waals surface area contributed by atoms with Crippen LogP contribution in [-0.4, -0.2) is 53.1 Å². The van der Waals surface area contributed by atoms with Crippen LogP contribution in [0.5, 0.6) is 0 Å². The molecule has 0 spiro atoms. The highest BCUT2D eigenvalue weighted by Gasteiger charge is 2.51. The highest BCUT2D eigenvalue weighted by molar-refractivity contribution is 6.99. The van der Waals surface area contributed by atoms with Gasteiger partial charge in [-0.25, -0.2) is 5.06 Å². The van der Waals surface area contributed by atoms with Crippen LogP contribution in [0.4, 0.5) is 0 Å². The fourth-order valence-corrected chi connectivity index (χ4v) is 9.93. The molecule has 2 aromatic carbocycles. The largest absolute Gasteiger partial charge is 0.469 e. The van der Waals surface area contributed by atoms with Crippen LogP contribution in [0, 0.1) is 17.8 Å². The molecule has 184 valence electrons. The molecule has 1 aliphatic rings. The van der Waals surface area contributed by atoms with Gasteiger partial charge in [0.15, 0.2) is 0 Å². The Morgan fingerprint density at radius 2 is 1.41 bits per heavy atom. The number of hydroxylamine groups is 2. The fourth-order valence-electron chi connectivity index (χ4n) is 5.29. The zero-order valence-electron chi connectivity index (χ0n) is 21.1. The van der Waals surface area contributed by atoms with Crippen molar-refractivity contribution in [1.82, 2.24) is 5.06 Å². The molecule has 0 heterocycles. The molecule has 2 aromatic rings. The average Bonchev–Trinajstić information content (AvgIpc) is 3.27. The molecular formula is C27H37NO5Si. The highest BCUT2D eigenvalue weighted by Crippen LogP contribution is 2.41. The third kappa shape index (κ3) is 5.11. The van der Waals surface area contributed by atoms with Crippen molar-refractivity contribution in [2.45, 2.75) is 38.7 Å². The predicted octanol–water partition coefficient (Wildman–Crippen LogP) is 3.40. The minimum atomic E-state index is -2.69. The Labute approximate surface area is 204 Å². The minimum absolute atomic E-state index is 0.0601. The molecule has 1 fully saturated rings. The van der Waals surface area contributed by atoms with E-state index in [-0.39, 0.29) is 22.8 Å². The standard InChI is InChI=1S/C27H37NO5Si/c1-27(2,3)34(21-13-9-7-10-14-21,22-15-11-8-12-16-22)33-19-20-17-23(25(29)28(4)32-6)24(18-20)26(30)31-5/h7-16,20,23-24H,17-19H2,1-6H3/t20?,23-,24-/m0/s1. The van der Waals surface area contributed by atoms with Crippen molar-refractivity contribution < 1.29 is 23.6 Å². The number of methoxy groups -OCH3 is 1. The van der Waals surface area contributed by atoms with Gasteiger partial charge >= 0.3 is 5.97 Å². The normalized spacial score (nSPS) is 20.7. The zero-order chi connectivity index (χ0) is 24.9. The van der Waals surface area contributed by atoms with Crippen LogP contribution in [0.15, 0.2) is 60.7 Å². The third-order valence-corrected chi connectivity index (χ3v) is 12.0. The highest BCUT2D eigenvalue weighted by atomic mass is 28.4. The summed E-state index contributed by atoms with van der Waals surface area (Å²) in [5.41, 5.74) is 0. The Hall–Kier alpha value is -2.48. The number of carbonyl (C=O) groups excluding carboxylic acids is 2. The van der Waals surface area contributed by atoms with E-state index in [2.05, 4.69) is 69.3 Å². The van der Waals surface area contributed by atoms with Gasteiger partial charge in [0.2, 0.25) is 5.91 Å². The van der Waals surface area contributed by atoms with Gasteiger partial charge in [-0.1, -0.05) is 81.4 Å². The lowest BCUT2D eigenvalue weighted by molar-refractivity contribution is -0.177. The summed E-state index contributed by atoms with van der Waals surface area (Å²) in [4.78, 5) is 30.5. The smallest absolute Gasteiger partial charge is 0.309 e. The van der Waals surface area contributed by atoms with Gasteiger partial charge in [-0.3, -0.25) is 14.4 Å². The number of nitrogens with zero attached hydrogens (tertiary/aromatic N) is 1. The molecule has 0 saturated heterocycles. The second kappa shape index (κ2) is 10.8. The Balaban J connectivity index is 1.94. The SMILES string of the molecule is COC(=O)[C@H]1CC(CO[Si](c2ccccc2)(c2ccccc2)C(C)(C)C)C[C@@H]1C(=O)N(C)OC. The molecule has 0 bridgehead atoms. The Bertz CT molecular complexity index is 920. The molecule has 0 aliphatic heterocycles. The lowest BCUT2D eigenvalue weighted by atomic mass is 9.95. The quantitative estimate of drug-likeness (QED) is 0.327. The summed E-state index contributed by atoms with van der Waals surface area (Å²) in [5.74, 6) is -1.47. The van der Waals surface area contributed by atoms with Gasteiger partial charge in [0.25, 0.3) is 8.32 Å². The summed E-state index contributed by atoms with van der Waals surface area (Å²) in [5, 5.41) is 3.49. The van der Waals surface area contributed by atoms with Crippen LogP contribution in [-0.2, 0) is 23.6 Å². The fraction of sp³-hybridized carbons (Fsp3) is 0.481. The summed E-state index contributed by atoms with van der Waals surface area (Å²) in [7, 11) is 1.70. The Morgan fingerprint density at radius 1 is 0.912 bits per heavy atom. The summed E-state index contributed by atoms with van der Waals surface area (Å²) >= 11 is 0. The molecule has 0 aromatic heterocycles. The van der Waals surface area contributed by atoms with E-state index in [0.717, 1.165) is 0 Å². The van der Waals surface area contributed by atoms with Crippen molar-refractivity contribution in [3.05, 3.63) is 60.7 Å². The number of hydrogen-bond acceptors (Lipinski definition) is 5. The van der Waals surface area contributed by atoms with Gasteiger partial charge in [0.1, 0.15) is 0 Å². The predicted molar refractivity (Wildman–Crippen MR) is 135 cm³/mol. The molecule has 1 unspecified atom stereocenters. The first kappa shape index (κ1) is 26.1. The van der Waals surface area contributed by atoms with Gasteiger partial charge in [-0.2, -0.15) is 0 Å². The number of benzene rings is 2. The van der Waals surface area contributed by atoms with Crippen molar-refractivity contribution in [1.29, 1.82) is 0 Å². The van der Waals surface area contributed by atoms with Gasteiger partial charge < -0.3 is 9.16 Å².